The normalized spacial score (nSPS) is 23.7. The summed E-state index contributed by atoms with van der Waals surface area (Å²) in [6.07, 6.45) is -1.20. The molecule has 1 unspecified atom stereocenters. The van der Waals surface area contributed by atoms with E-state index in [1.807, 2.05) is 24.3 Å². The smallest absolute Gasteiger partial charge is 0.118 e. The molecule has 0 saturated carbocycles. The second-order valence-corrected chi connectivity index (χ2v) is 4.25. The molecule has 2 N–H and O–H groups in total. The number of aliphatic hydroxyl groups is 2. The molecule has 1 saturated heterocycles. The molecule has 0 radical (unpaired) electrons. The van der Waals surface area contributed by atoms with Gasteiger partial charge >= 0.3 is 0 Å². The van der Waals surface area contributed by atoms with Gasteiger partial charge in [-0.25, -0.2) is 0 Å². The summed E-state index contributed by atoms with van der Waals surface area (Å²) in [6.45, 7) is 0.638. The minimum Gasteiger partial charge on any atom is -0.497 e. The Morgan fingerprint density at radius 1 is 1.33 bits per heavy atom. The van der Waals surface area contributed by atoms with Gasteiger partial charge in [0.15, 0.2) is 0 Å². The predicted molar refractivity (Wildman–Crippen MR) is 64.4 cm³/mol. The number of hydrogen-bond acceptors (Lipinski definition) is 5. The van der Waals surface area contributed by atoms with Crippen molar-refractivity contribution in [2.24, 2.45) is 0 Å². The number of aliphatic hydroxyl groups excluding tert-OH is 2. The van der Waals surface area contributed by atoms with Crippen LogP contribution in [0.15, 0.2) is 24.3 Å². The maximum absolute atomic E-state index is 9.30. The topological polar surface area (TPSA) is 71.5 Å². The lowest BCUT2D eigenvalue weighted by atomic mass is 10.2. The SMILES string of the molecule is COc1ccc(COC[C@H]2O[C@H]2C(O)CO)cc1. The van der Waals surface area contributed by atoms with Gasteiger partial charge in [0.1, 0.15) is 24.1 Å². The van der Waals surface area contributed by atoms with E-state index in [4.69, 9.17) is 19.3 Å². The molecule has 0 aromatic heterocycles. The van der Waals surface area contributed by atoms with Gasteiger partial charge in [0.2, 0.25) is 0 Å². The predicted octanol–water partition coefficient (Wildman–Crippen LogP) is 0.332. The highest BCUT2D eigenvalue weighted by Gasteiger charge is 2.44. The fraction of sp³-hybridized carbons (Fsp3) is 0.538. The van der Waals surface area contributed by atoms with Crippen LogP contribution in [0.25, 0.3) is 0 Å². The quantitative estimate of drug-likeness (QED) is 0.686. The Labute approximate surface area is 106 Å². The van der Waals surface area contributed by atoms with Gasteiger partial charge in [-0.3, -0.25) is 0 Å². The van der Waals surface area contributed by atoms with Gasteiger partial charge in [-0.1, -0.05) is 12.1 Å². The van der Waals surface area contributed by atoms with E-state index >= 15 is 0 Å². The molecule has 1 aliphatic heterocycles. The number of ether oxygens (including phenoxy) is 3. The first-order chi connectivity index (χ1) is 8.74. The van der Waals surface area contributed by atoms with Crippen molar-refractivity contribution < 1.29 is 24.4 Å². The fourth-order valence-electron chi connectivity index (χ4n) is 1.75. The van der Waals surface area contributed by atoms with E-state index in [0.717, 1.165) is 11.3 Å². The monoisotopic (exact) mass is 254 g/mol. The van der Waals surface area contributed by atoms with Crippen LogP contribution in [0.2, 0.25) is 0 Å². The molecular formula is C13H18O5. The van der Waals surface area contributed by atoms with Crippen molar-refractivity contribution in [2.45, 2.75) is 24.9 Å². The average molecular weight is 254 g/mol. The standard InChI is InChI=1S/C13H18O5/c1-16-10-4-2-9(3-5-10)7-17-8-12-13(18-12)11(15)6-14/h2-5,11-15H,6-8H2,1H3/t11?,12-,13+/m1/s1. The van der Waals surface area contributed by atoms with E-state index in [-0.39, 0.29) is 18.8 Å². The lowest BCUT2D eigenvalue weighted by Gasteiger charge is -2.05. The van der Waals surface area contributed by atoms with Crippen molar-refractivity contribution in [2.75, 3.05) is 20.3 Å². The first-order valence-electron chi connectivity index (χ1n) is 5.89. The van der Waals surface area contributed by atoms with Crippen LogP contribution in [-0.4, -0.2) is 48.8 Å². The molecule has 100 valence electrons. The summed E-state index contributed by atoms with van der Waals surface area (Å²) in [5.41, 5.74) is 1.05. The van der Waals surface area contributed by atoms with E-state index in [1.54, 1.807) is 7.11 Å². The Kier molecular flexibility index (Phi) is 4.54. The maximum Gasteiger partial charge on any atom is 0.118 e. The van der Waals surface area contributed by atoms with Gasteiger partial charge in [0.05, 0.1) is 26.9 Å². The van der Waals surface area contributed by atoms with E-state index in [0.29, 0.717) is 13.2 Å². The number of epoxide rings is 1. The Bertz CT molecular complexity index is 364. The number of rotatable bonds is 7. The molecular weight excluding hydrogens is 236 g/mol. The van der Waals surface area contributed by atoms with Crippen molar-refractivity contribution in [1.29, 1.82) is 0 Å². The minimum absolute atomic E-state index is 0.106. The first-order valence-corrected chi connectivity index (χ1v) is 5.89. The molecule has 1 aliphatic rings. The zero-order chi connectivity index (χ0) is 13.0. The van der Waals surface area contributed by atoms with Crippen LogP contribution in [0.5, 0.6) is 5.75 Å². The van der Waals surface area contributed by atoms with Gasteiger partial charge in [-0.05, 0) is 17.7 Å². The summed E-state index contributed by atoms with van der Waals surface area (Å²) in [6, 6.07) is 7.63. The van der Waals surface area contributed by atoms with Gasteiger partial charge in [0.25, 0.3) is 0 Å². The van der Waals surface area contributed by atoms with Gasteiger partial charge in [-0.15, -0.1) is 0 Å². The molecule has 2 rings (SSSR count). The highest BCUT2D eigenvalue weighted by Crippen LogP contribution is 2.25. The lowest BCUT2D eigenvalue weighted by molar-refractivity contribution is 0.0706. The van der Waals surface area contributed by atoms with Crippen LogP contribution >= 0.6 is 0 Å². The molecule has 3 atom stereocenters. The second kappa shape index (κ2) is 6.15. The molecule has 1 aromatic rings. The Morgan fingerprint density at radius 2 is 2.06 bits per heavy atom. The summed E-state index contributed by atoms with van der Waals surface area (Å²) in [5, 5.41) is 18.0. The molecule has 0 bridgehead atoms. The Hall–Kier alpha value is -1.14. The lowest BCUT2D eigenvalue weighted by Crippen LogP contribution is -2.22. The van der Waals surface area contributed by atoms with Crippen molar-refractivity contribution in [3.05, 3.63) is 29.8 Å². The highest BCUT2D eigenvalue weighted by molar-refractivity contribution is 5.26. The Balaban J connectivity index is 1.67. The first kappa shape index (κ1) is 13.3. The van der Waals surface area contributed by atoms with E-state index in [1.165, 1.54) is 0 Å². The molecule has 1 heterocycles. The summed E-state index contributed by atoms with van der Waals surface area (Å²) in [5.74, 6) is 0.815. The summed E-state index contributed by atoms with van der Waals surface area (Å²) < 4.78 is 15.7. The average Bonchev–Trinajstić information content (AvgIpc) is 3.18. The number of methoxy groups -OCH3 is 1. The van der Waals surface area contributed by atoms with Crippen molar-refractivity contribution >= 4 is 0 Å². The minimum atomic E-state index is -0.806. The van der Waals surface area contributed by atoms with E-state index < -0.39 is 6.10 Å². The van der Waals surface area contributed by atoms with Crippen molar-refractivity contribution in [3.63, 3.8) is 0 Å². The zero-order valence-corrected chi connectivity index (χ0v) is 10.3. The molecule has 0 spiro atoms. The third-order valence-corrected chi connectivity index (χ3v) is 2.90. The van der Waals surface area contributed by atoms with Gasteiger partial charge in [0, 0.05) is 0 Å². The van der Waals surface area contributed by atoms with Crippen LogP contribution in [-0.2, 0) is 16.1 Å². The molecule has 18 heavy (non-hydrogen) atoms. The summed E-state index contributed by atoms with van der Waals surface area (Å²) in [7, 11) is 1.63. The highest BCUT2D eigenvalue weighted by atomic mass is 16.6. The molecule has 5 nitrogen and oxygen atoms in total. The second-order valence-electron chi connectivity index (χ2n) is 4.25. The third-order valence-electron chi connectivity index (χ3n) is 2.90. The van der Waals surface area contributed by atoms with Crippen molar-refractivity contribution in [3.8, 4) is 5.75 Å². The summed E-state index contributed by atoms with van der Waals surface area (Å²) >= 11 is 0. The van der Waals surface area contributed by atoms with Gasteiger partial charge < -0.3 is 24.4 Å². The van der Waals surface area contributed by atoms with Crippen LogP contribution in [0, 0.1) is 0 Å². The van der Waals surface area contributed by atoms with Crippen LogP contribution in [0.1, 0.15) is 5.56 Å². The largest absolute Gasteiger partial charge is 0.497 e. The molecule has 5 heteroatoms. The number of hydrogen-bond donors (Lipinski definition) is 2. The molecule has 0 aliphatic carbocycles. The Morgan fingerprint density at radius 3 is 2.67 bits per heavy atom. The van der Waals surface area contributed by atoms with Crippen molar-refractivity contribution in [1.82, 2.24) is 0 Å². The van der Waals surface area contributed by atoms with Crippen LogP contribution < -0.4 is 4.74 Å². The van der Waals surface area contributed by atoms with Crippen LogP contribution in [0.4, 0.5) is 0 Å². The molecule has 0 amide bonds. The van der Waals surface area contributed by atoms with E-state index in [9.17, 15) is 5.11 Å². The zero-order valence-electron chi connectivity index (χ0n) is 10.3. The fourth-order valence-corrected chi connectivity index (χ4v) is 1.75. The van der Waals surface area contributed by atoms with Gasteiger partial charge in [-0.2, -0.15) is 0 Å². The molecule has 1 aromatic carbocycles. The summed E-state index contributed by atoms with van der Waals surface area (Å²) in [4.78, 5) is 0. The van der Waals surface area contributed by atoms with E-state index in [2.05, 4.69) is 0 Å². The number of benzene rings is 1. The maximum atomic E-state index is 9.30. The molecule has 1 fully saturated rings. The van der Waals surface area contributed by atoms with Crippen LogP contribution in [0.3, 0.4) is 0 Å². The third kappa shape index (κ3) is 3.43.